The molecule has 2 heteroatoms. The zero-order chi connectivity index (χ0) is 25.4. The van der Waals surface area contributed by atoms with Crippen LogP contribution in [0.2, 0.25) is 0 Å². The van der Waals surface area contributed by atoms with E-state index in [4.69, 9.17) is 0 Å². The van der Waals surface area contributed by atoms with Crippen molar-refractivity contribution in [2.24, 2.45) is 11.8 Å². The molecule has 0 aliphatic carbocycles. The molecule has 0 saturated carbocycles. The predicted molar refractivity (Wildman–Crippen MR) is 154 cm³/mol. The normalized spacial score (nSPS) is 21.5. The molecule has 0 fully saturated rings. The molecular formula is C33H46N2. The molecule has 0 radical (unpaired) electrons. The van der Waals surface area contributed by atoms with Crippen molar-refractivity contribution in [3.05, 3.63) is 83.6 Å². The van der Waals surface area contributed by atoms with Gasteiger partial charge in [0.25, 0.3) is 0 Å². The molecule has 2 aromatic rings. The molecule has 2 nitrogen and oxygen atoms in total. The molecule has 2 aromatic carbocycles. The number of allylic oxidation sites excluding steroid dienone is 3. The van der Waals surface area contributed by atoms with E-state index in [1.807, 2.05) is 0 Å². The third-order valence-electron chi connectivity index (χ3n) is 8.21. The molecule has 35 heavy (non-hydrogen) atoms. The first-order valence-electron chi connectivity index (χ1n) is 13.7. The average molecular weight is 471 g/mol. The SMILES string of the molecule is CC(C)CCN1/C(=C/C=C/C2N(CCC(C)C)c3ccccc3C2(C)C)C(C)(C)c2ccccc21. The highest BCUT2D eigenvalue weighted by molar-refractivity contribution is 5.71. The summed E-state index contributed by atoms with van der Waals surface area (Å²) in [6.45, 7) is 21.0. The Labute approximate surface area is 214 Å². The number of nitrogens with zero attached hydrogens (tertiary/aromatic N) is 2. The van der Waals surface area contributed by atoms with Gasteiger partial charge in [-0.25, -0.2) is 0 Å². The van der Waals surface area contributed by atoms with E-state index in [2.05, 4.69) is 132 Å². The van der Waals surface area contributed by atoms with E-state index >= 15 is 0 Å². The number of para-hydroxylation sites is 2. The summed E-state index contributed by atoms with van der Waals surface area (Å²) < 4.78 is 0. The Bertz CT molecular complexity index is 1090. The van der Waals surface area contributed by atoms with Gasteiger partial charge in [-0.3, -0.25) is 0 Å². The van der Waals surface area contributed by atoms with Crippen LogP contribution >= 0.6 is 0 Å². The van der Waals surface area contributed by atoms with Gasteiger partial charge in [0.05, 0.1) is 6.04 Å². The molecular weight excluding hydrogens is 424 g/mol. The molecule has 188 valence electrons. The van der Waals surface area contributed by atoms with Gasteiger partial charge in [0, 0.05) is 41.0 Å². The minimum absolute atomic E-state index is 0.00337. The maximum atomic E-state index is 2.65. The van der Waals surface area contributed by atoms with Gasteiger partial charge in [-0.1, -0.05) is 104 Å². The second-order valence-corrected chi connectivity index (χ2v) is 12.5. The number of rotatable bonds is 8. The van der Waals surface area contributed by atoms with Crippen LogP contribution in [0.4, 0.5) is 11.4 Å². The van der Waals surface area contributed by atoms with E-state index in [-0.39, 0.29) is 10.8 Å². The smallest absolute Gasteiger partial charge is 0.0568 e. The van der Waals surface area contributed by atoms with E-state index in [1.165, 1.54) is 41.0 Å². The van der Waals surface area contributed by atoms with Gasteiger partial charge in [0.2, 0.25) is 0 Å². The Morgan fingerprint density at radius 3 is 2.00 bits per heavy atom. The van der Waals surface area contributed by atoms with Gasteiger partial charge in [0.1, 0.15) is 0 Å². The Morgan fingerprint density at radius 2 is 1.34 bits per heavy atom. The Kier molecular flexibility index (Phi) is 7.23. The lowest BCUT2D eigenvalue weighted by Gasteiger charge is -2.33. The molecule has 0 aromatic heterocycles. The molecule has 0 bridgehead atoms. The highest BCUT2D eigenvalue weighted by Crippen LogP contribution is 2.48. The Hall–Kier alpha value is -2.48. The maximum Gasteiger partial charge on any atom is 0.0568 e. The van der Waals surface area contributed by atoms with Crippen molar-refractivity contribution in [2.75, 3.05) is 22.9 Å². The lowest BCUT2D eigenvalue weighted by atomic mass is 9.80. The summed E-state index contributed by atoms with van der Waals surface area (Å²) in [6, 6.07) is 18.4. The molecule has 4 rings (SSSR count). The first-order chi connectivity index (χ1) is 16.5. The Morgan fingerprint density at radius 1 is 0.771 bits per heavy atom. The molecule has 0 amide bonds. The highest BCUT2D eigenvalue weighted by Gasteiger charge is 2.43. The van der Waals surface area contributed by atoms with E-state index in [1.54, 1.807) is 0 Å². The zero-order valence-corrected chi connectivity index (χ0v) is 23.3. The highest BCUT2D eigenvalue weighted by atomic mass is 15.2. The van der Waals surface area contributed by atoms with E-state index < -0.39 is 0 Å². The van der Waals surface area contributed by atoms with Crippen LogP contribution in [0.25, 0.3) is 0 Å². The van der Waals surface area contributed by atoms with Crippen LogP contribution in [0.15, 0.2) is 72.5 Å². The quantitative estimate of drug-likeness (QED) is 0.382. The topological polar surface area (TPSA) is 6.48 Å². The van der Waals surface area contributed by atoms with Crippen molar-refractivity contribution in [1.29, 1.82) is 0 Å². The number of anilines is 2. The molecule has 2 aliphatic heterocycles. The lowest BCUT2D eigenvalue weighted by molar-refractivity contribution is 0.460. The number of fused-ring (bicyclic) bond motifs is 2. The molecule has 1 atom stereocenters. The van der Waals surface area contributed by atoms with Crippen molar-refractivity contribution in [3.8, 4) is 0 Å². The van der Waals surface area contributed by atoms with E-state index in [0.717, 1.165) is 13.1 Å². The summed E-state index contributed by atoms with van der Waals surface area (Å²) in [5.74, 6) is 1.39. The summed E-state index contributed by atoms with van der Waals surface area (Å²) in [4.78, 5) is 5.22. The molecule has 0 spiro atoms. The van der Waals surface area contributed by atoms with Crippen molar-refractivity contribution in [3.63, 3.8) is 0 Å². The second kappa shape index (κ2) is 9.88. The van der Waals surface area contributed by atoms with E-state index in [9.17, 15) is 0 Å². The van der Waals surface area contributed by atoms with Crippen molar-refractivity contribution >= 4 is 11.4 Å². The summed E-state index contributed by atoms with van der Waals surface area (Å²) >= 11 is 0. The molecule has 1 unspecified atom stereocenters. The van der Waals surface area contributed by atoms with Gasteiger partial charge < -0.3 is 9.80 Å². The molecule has 2 heterocycles. The van der Waals surface area contributed by atoms with Crippen LogP contribution in [0.1, 0.15) is 79.4 Å². The van der Waals surface area contributed by atoms with Gasteiger partial charge >= 0.3 is 0 Å². The fraction of sp³-hybridized carbons (Fsp3) is 0.515. The summed E-state index contributed by atoms with van der Waals surface area (Å²) in [5, 5.41) is 0. The third kappa shape index (κ3) is 4.82. The van der Waals surface area contributed by atoms with Crippen LogP contribution in [0, 0.1) is 11.8 Å². The molecule has 2 aliphatic rings. The minimum atomic E-state index is 0.00337. The molecule has 0 N–H and O–H groups in total. The first kappa shape index (κ1) is 25.6. The first-order valence-corrected chi connectivity index (χ1v) is 13.7. The monoisotopic (exact) mass is 470 g/mol. The number of benzene rings is 2. The van der Waals surface area contributed by atoms with Gasteiger partial charge in [-0.15, -0.1) is 0 Å². The summed E-state index contributed by atoms with van der Waals surface area (Å²) in [7, 11) is 0. The fourth-order valence-electron chi connectivity index (χ4n) is 5.99. The van der Waals surface area contributed by atoms with Crippen LogP contribution < -0.4 is 9.80 Å². The summed E-state index contributed by atoms with van der Waals surface area (Å²) in [6.07, 6.45) is 9.62. The van der Waals surface area contributed by atoms with Crippen LogP contribution in [-0.4, -0.2) is 19.1 Å². The van der Waals surface area contributed by atoms with E-state index in [0.29, 0.717) is 17.9 Å². The average Bonchev–Trinajstić information content (AvgIpc) is 3.15. The zero-order valence-electron chi connectivity index (χ0n) is 23.3. The van der Waals surface area contributed by atoms with Crippen molar-refractivity contribution in [2.45, 2.75) is 85.1 Å². The molecule has 0 saturated heterocycles. The largest absolute Gasteiger partial charge is 0.364 e. The van der Waals surface area contributed by atoms with Gasteiger partial charge in [-0.2, -0.15) is 0 Å². The van der Waals surface area contributed by atoms with Crippen molar-refractivity contribution in [1.82, 2.24) is 0 Å². The summed E-state index contributed by atoms with van der Waals surface area (Å²) in [5.41, 5.74) is 7.20. The third-order valence-corrected chi connectivity index (χ3v) is 8.21. The van der Waals surface area contributed by atoms with Gasteiger partial charge in [0.15, 0.2) is 0 Å². The minimum Gasteiger partial charge on any atom is -0.364 e. The number of hydrogen-bond donors (Lipinski definition) is 0. The van der Waals surface area contributed by atoms with Crippen LogP contribution in [0.3, 0.4) is 0 Å². The van der Waals surface area contributed by atoms with Crippen molar-refractivity contribution < 1.29 is 0 Å². The van der Waals surface area contributed by atoms with Crippen LogP contribution in [0.5, 0.6) is 0 Å². The van der Waals surface area contributed by atoms with Crippen LogP contribution in [-0.2, 0) is 10.8 Å². The second-order valence-electron chi connectivity index (χ2n) is 12.5. The van der Waals surface area contributed by atoms with Gasteiger partial charge in [-0.05, 0) is 54.0 Å². The Balaban J connectivity index is 1.68. The standard InChI is InChI=1S/C33H46N2/c1-24(2)20-22-34-28-16-11-9-14-26(28)32(5,6)30(34)18-13-19-31-33(7,8)27-15-10-12-17-29(27)35(31)23-21-25(3)4/h9-19,24-25,30H,20-23H2,1-8H3/b18-13+,31-19+. The lowest BCUT2D eigenvalue weighted by Crippen LogP contribution is -2.40. The fourth-order valence-corrected chi connectivity index (χ4v) is 5.99. The maximum absolute atomic E-state index is 2.65. The number of hydrogen-bond acceptors (Lipinski definition) is 2. The predicted octanol–water partition coefficient (Wildman–Crippen LogP) is 8.48.